The maximum absolute atomic E-state index is 13.6. The summed E-state index contributed by atoms with van der Waals surface area (Å²) < 4.78 is 11.6. The molecule has 4 aromatic heterocycles. The number of thiophene rings is 2. The van der Waals surface area contributed by atoms with Crippen molar-refractivity contribution in [3.63, 3.8) is 0 Å². The lowest BCUT2D eigenvalue weighted by Gasteiger charge is -2.35. The van der Waals surface area contributed by atoms with Gasteiger partial charge in [0.05, 0.1) is 14.2 Å². The van der Waals surface area contributed by atoms with Crippen molar-refractivity contribution in [2.75, 3.05) is 0 Å². The fraction of sp³-hybridized carbons (Fsp3) is 0.507. The van der Waals surface area contributed by atoms with Gasteiger partial charge in [0.15, 0.2) is 11.6 Å². The van der Waals surface area contributed by atoms with Gasteiger partial charge < -0.3 is 30.7 Å². The zero-order valence-electron chi connectivity index (χ0n) is 56.4. The molecule has 1 saturated carbocycles. The number of rotatable bonds is 20. The normalized spacial score (nSPS) is 17.5. The number of carbonyl (C=O) groups is 6. The number of hydrogen-bond acceptors (Lipinski definition) is 14. The van der Waals surface area contributed by atoms with E-state index in [1.807, 2.05) is 73.1 Å². The Morgan fingerprint density at radius 3 is 1.30 bits per heavy atom. The van der Waals surface area contributed by atoms with Crippen molar-refractivity contribution >= 4 is 79.7 Å². The van der Waals surface area contributed by atoms with Crippen LogP contribution in [-0.4, -0.2) is 90.9 Å². The van der Waals surface area contributed by atoms with Gasteiger partial charge in [0.2, 0.25) is 11.8 Å². The number of benzene rings is 2. The summed E-state index contributed by atoms with van der Waals surface area (Å²) in [5, 5.41) is 11.3. The van der Waals surface area contributed by atoms with Gasteiger partial charge in [0, 0.05) is 64.1 Å². The molecule has 0 saturated heterocycles. The van der Waals surface area contributed by atoms with E-state index in [4.69, 9.17) is 19.4 Å². The van der Waals surface area contributed by atoms with Crippen LogP contribution in [0.3, 0.4) is 0 Å². The SMILES string of the molecule is CCCC1CCC(C2CC=C(c3cnc(-c4ccc(C[C@H](NC(=O)c5ccc(C(C)(C)C)s5)C(=O)N[C@H](C)C(=O)OC(C)(C)C)cc4)nc3)CC2)CC1.C[C@@H](NC(=O)[C@H](Cc1ccc(-c2ncc(Br)cn2)cc1)NC(=O)c1ccc(C(C)(C)C)s1)C(=O)OC(C)(C)C. The molecule has 4 heterocycles. The van der Waals surface area contributed by atoms with E-state index in [0.29, 0.717) is 21.4 Å². The molecule has 92 heavy (non-hydrogen) atoms. The van der Waals surface area contributed by atoms with Crippen LogP contribution in [-0.2, 0) is 52.3 Å². The minimum atomic E-state index is -0.923. The number of amides is 4. The summed E-state index contributed by atoms with van der Waals surface area (Å²) in [4.78, 5) is 99.9. The van der Waals surface area contributed by atoms with E-state index < -0.39 is 59.1 Å². The van der Waals surface area contributed by atoms with Crippen LogP contribution in [0.5, 0.6) is 0 Å². The number of carbonyl (C=O) groups excluding carboxylic acids is 6. The van der Waals surface area contributed by atoms with Crippen LogP contribution < -0.4 is 21.3 Å². The monoisotopic (exact) mass is 1350 g/mol. The number of halogens is 1. The van der Waals surface area contributed by atoms with Gasteiger partial charge in [-0.15, -0.1) is 22.7 Å². The van der Waals surface area contributed by atoms with Gasteiger partial charge in [-0.2, -0.15) is 0 Å². The van der Waals surface area contributed by atoms with Crippen LogP contribution in [0.1, 0.15) is 207 Å². The fourth-order valence-corrected chi connectivity index (χ4v) is 13.3. The Hall–Kier alpha value is -6.96. The average Bonchev–Trinajstić information content (AvgIpc) is 1.05. The molecule has 4 amide bonds. The first kappa shape index (κ1) is 72.5. The van der Waals surface area contributed by atoms with Crippen LogP contribution in [0.25, 0.3) is 28.3 Å². The highest BCUT2D eigenvalue weighted by atomic mass is 79.9. The molecule has 494 valence electrons. The van der Waals surface area contributed by atoms with Gasteiger partial charge in [-0.3, -0.25) is 19.2 Å². The molecule has 0 bridgehead atoms. The van der Waals surface area contributed by atoms with E-state index in [1.165, 1.54) is 73.2 Å². The molecule has 2 aliphatic rings. The van der Waals surface area contributed by atoms with E-state index in [1.54, 1.807) is 79.9 Å². The summed E-state index contributed by atoms with van der Waals surface area (Å²) >= 11 is 6.14. The number of hydrogen-bond donors (Lipinski definition) is 4. The molecule has 2 aromatic carbocycles. The van der Waals surface area contributed by atoms with E-state index in [2.05, 4.69) is 102 Å². The molecule has 2 aliphatic carbocycles. The average molecular weight is 1360 g/mol. The standard InChI is InChI=1S/C44H60N4O4S.C29H35BrN4O4S/c1-9-10-29-11-15-31(16-12-29)32-19-21-33(22-20-32)35-26-45-39(46-27-35)34-17-13-30(14-18-34)25-36(40(49)47-28(2)42(51)52-44(6,7)8)48-41(50)37-23-24-38(53-37)43(3,4)5;1-17(27(37)38-29(5,6)7)33-25(35)21(34-26(36)22-12-13-23(39-22)28(2,3)4)14-18-8-10-19(11-9-18)24-31-15-20(30)16-32-24/h13-14,17-18,21,23-24,26-29,31-32,36H,9-12,15-16,19-20,22,25H2,1-8H3,(H,47,49)(H,48,50);8-13,15-17,21H,14H2,1-7H3,(H,33,35)(H,34,36)/t28-,29?,31?,32?,36+;17-,21+/m11/s1. The first-order valence-corrected chi connectivity index (χ1v) is 34.7. The second kappa shape index (κ2) is 31.8. The van der Waals surface area contributed by atoms with Crippen molar-refractivity contribution in [2.45, 2.75) is 221 Å². The van der Waals surface area contributed by atoms with Gasteiger partial charge in [0.1, 0.15) is 35.4 Å². The lowest BCUT2D eigenvalue weighted by molar-refractivity contribution is -0.158. The predicted molar refractivity (Wildman–Crippen MR) is 371 cm³/mol. The second-order valence-corrected chi connectivity index (χ2v) is 31.6. The summed E-state index contributed by atoms with van der Waals surface area (Å²) in [6.45, 7) is 28.6. The summed E-state index contributed by atoms with van der Waals surface area (Å²) in [7, 11) is 0. The number of ether oxygens (including phenoxy) is 2. The largest absolute Gasteiger partial charge is 0.458 e. The minimum absolute atomic E-state index is 0.0941. The first-order chi connectivity index (χ1) is 43.2. The molecule has 1 unspecified atom stereocenters. The molecular formula is C73H95BrN8O8S2. The van der Waals surface area contributed by atoms with Crippen molar-refractivity contribution in [1.82, 2.24) is 41.2 Å². The van der Waals surface area contributed by atoms with Crippen LogP contribution in [0.2, 0.25) is 0 Å². The second-order valence-electron chi connectivity index (χ2n) is 28.6. The first-order valence-electron chi connectivity index (χ1n) is 32.3. The Kier molecular flexibility index (Phi) is 25.0. The van der Waals surface area contributed by atoms with Gasteiger partial charge in [-0.05, 0) is 173 Å². The third kappa shape index (κ3) is 21.8. The van der Waals surface area contributed by atoms with Gasteiger partial charge in [-0.25, -0.2) is 29.5 Å². The summed E-state index contributed by atoms with van der Waals surface area (Å²) in [6.07, 6.45) is 21.9. The maximum atomic E-state index is 13.6. The van der Waals surface area contributed by atoms with Crippen molar-refractivity contribution < 1.29 is 38.2 Å². The fourth-order valence-electron chi connectivity index (χ4n) is 11.2. The predicted octanol–water partition coefficient (Wildman–Crippen LogP) is 14.9. The Balaban J connectivity index is 0.000000274. The summed E-state index contributed by atoms with van der Waals surface area (Å²) in [6, 6.07) is 19.0. The Morgan fingerprint density at radius 1 is 0.533 bits per heavy atom. The zero-order chi connectivity index (χ0) is 67.3. The third-order valence-corrected chi connectivity index (χ3v) is 19.7. The number of nitrogens with one attached hydrogen (secondary N) is 4. The Bertz CT molecular complexity index is 3490. The highest BCUT2D eigenvalue weighted by molar-refractivity contribution is 9.10. The summed E-state index contributed by atoms with van der Waals surface area (Å²) in [5.74, 6) is 1.15. The van der Waals surface area contributed by atoms with Crippen molar-refractivity contribution in [2.24, 2.45) is 17.8 Å². The van der Waals surface area contributed by atoms with Crippen LogP contribution in [0.4, 0.5) is 0 Å². The quantitative estimate of drug-likeness (QED) is 0.0525. The molecule has 8 rings (SSSR count). The topological polar surface area (TPSA) is 221 Å². The van der Waals surface area contributed by atoms with Gasteiger partial charge >= 0.3 is 11.9 Å². The van der Waals surface area contributed by atoms with Crippen molar-refractivity contribution in [3.8, 4) is 22.8 Å². The van der Waals surface area contributed by atoms with Crippen LogP contribution in [0.15, 0.2) is 108 Å². The van der Waals surface area contributed by atoms with E-state index in [-0.39, 0.29) is 35.5 Å². The number of esters is 2. The zero-order valence-corrected chi connectivity index (χ0v) is 59.6. The smallest absolute Gasteiger partial charge is 0.328 e. The lowest BCUT2D eigenvalue weighted by Crippen LogP contribution is -2.52. The maximum Gasteiger partial charge on any atom is 0.328 e. The molecule has 0 aliphatic heterocycles. The Morgan fingerprint density at radius 2 is 0.946 bits per heavy atom. The highest BCUT2D eigenvalue weighted by Gasteiger charge is 2.33. The molecule has 0 radical (unpaired) electrons. The van der Waals surface area contributed by atoms with Gasteiger partial charge in [-0.1, -0.05) is 129 Å². The molecule has 5 atom stereocenters. The van der Waals surface area contributed by atoms with E-state index in [0.717, 1.165) is 72.6 Å². The number of nitrogens with zero attached hydrogens (tertiary/aromatic N) is 4. The lowest BCUT2D eigenvalue weighted by atomic mass is 9.70. The van der Waals surface area contributed by atoms with E-state index >= 15 is 0 Å². The molecule has 16 nitrogen and oxygen atoms in total. The number of allylic oxidation sites excluding steroid dienone is 2. The number of aromatic nitrogens is 4. The Labute approximate surface area is 561 Å². The molecular weight excluding hydrogens is 1260 g/mol. The minimum Gasteiger partial charge on any atom is -0.458 e. The molecule has 6 aromatic rings. The van der Waals surface area contributed by atoms with Crippen LogP contribution >= 0.6 is 38.6 Å². The van der Waals surface area contributed by atoms with Gasteiger partial charge in [0.25, 0.3) is 11.8 Å². The molecule has 1 fully saturated rings. The molecule has 19 heteroatoms. The van der Waals surface area contributed by atoms with Crippen molar-refractivity contribution in [3.05, 3.63) is 144 Å². The van der Waals surface area contributed by atoms with Crippen LogP contribution in [0, 0.1) is 17.8 Å². The molecule has 4 N–H and O–H groups in total. The third-order valence-electron chi connectivity index (χ3n) is 16.3. The van der Waals surface area contributed by atoms with Crippen molar-refractivity contribution in [1.29, 1.82) is 0 Å². The molecule has 0 spiro atoms. The summed E-state index contributed by atoms with van der Waals surface area (Å²) in [5.41, 5.74) is 4.24. The highest BCUT2D eigenvalue weighted by Crippen LogP contribution is 2.42. The van der Waals surface area contributed by atoms with E-state index in [9.17, 15) is 28.8 Å².